The van der Waals surface area contributed by atoms with E-state index in [4.69, 9.17) is 27.9 Å². The summed E-state index contributed by atoms with van der Waals surface area (Å²) in [6.45, 7) is 4.00. The van der Waals surface area contributed by atoms with Gasteiger partial charge < -0.3 is 10.1 Å². The van der Waals surface area contributed by atoms with Crippen molar-refractivity contribution in [1.82, 2.24) is 9.97 Å². The summed E-state index contributed by atoms with van der Waals surface area (Å²) in [5, 5.41) is 2.96. The molecule has 3 aromatic rings. The first-order chi connectivity index (χ1) is 15.3. The van der Waals surface area contributed by atoms with E-state index < -0.39 is 11.7 Å². The molecule has 0 atom stereocenters. The van der Waals surface area contributed by atoms with E-state index in [1.165, 1.54) is 18.5 Å². The van der Waals surface area contributed by atoms with Crippen molar-refractivity contribution in [2.24, 2.45) is 4.99 Å². The number of carbonyl (C=O) groups excluding carboxylic acids is 1. The normalized spacial score (nSPS) is 11.4. The number of rotatable bonds is 7. The highest BCUT2D eigenvalue weighted by Crippen LogP contribution is 2.25. The first-order valence-electron chi connectivity index (χ1n) is 9.79. The van der Waals surface area contributed by atoms with Crippen LogP contribution in [0.5, 0.6) is 5.75 Å². The van der Waals surface area contributed by atoms with Gasteiger partial charge in [-0.05, 0) is 43.2 Å². The molecule has 32 heavy (non-hydrogen) atoms. The van der Waals surface area contributed by atoms with Gasteiger partial charge in [-0.25, -0.2) is 14.4 Å². The van der Waals surface area contributed by atoms with Crippen LogP contribution in [0, 0.1) is 12.7 Å². The molecule has 0 saturated heterocycles. The number of aryl methyl sites for hydroxylation is 2. The average molecular weight is 475 g/mol. The minimum absolute atomic E-state index is 0.119. The highest BCUT2D eigenvalue weighted by Gasteiger charge is 2.16. The molecule has 3 rings (SSSR count). The van der Waals surface area contributed by atoms with E-state index in [1.54, 1.807) is 19.2 Å². The molecule has 1 N–H and O–H groups in total. The van der Waals surface area contributed by atoms with Crippen molar-refractivity contribution in [1.29, 1.82) is 0 Å². The van der Waals surface area contributed by atoms with Crippen LogP contribution < -0.4 is 10.1 Å². The summed E-state index contributed by atoms with van der Waals surface area (Å²) in [4.78, 5) is 25.1. The lowest BCUT2D eigenvalue weighted by Gasteiger charge is -2.15. The fourth-order valence-corrected chi connectivity index (χ4v) is 3.46. The molecule has 1 amide bonds. The maximum atomic E-state index is 13.4. The smallest absolute Gasteiger partial charge is 0.255 e. The molecular weight excluding hydrogens is 454 g/mol. The van der Waals surface area contributed by atoms with Crippen molar-refractivity contribution in [2.75, 3.05) is 19.0 Å². The van der Waals surface area contributed by atoms with Crippen LogP contribution in [0.2, 0.25) is 10.2 Å². The molecule has 0 saturated carbocycles. The highest BCUT2D eigenvalue weighted by molar-refractivity contribution is 6.33. The van der Waals surface area contributed by atoms with E-state index in [1.807, 2.05) is 19.9 Å². The van der Waals surface area contributed by atoms with Gasteiger partial charge in [-0.3, -0.25) is 9.79 Å². The third kappa shape index (κ3) is 5.41. The van der Waals surface area contributed by atoms with Gasteiger partial charge in [-0.1, -0.05) is 36.2 Å². The fraction of sp³-hybridized carbons (Fsp3) is 0.217. The summed E-state index contributed by atoms with van der Waals surface area (Å²) in [6.07, 6.45) is 2.09. The predicted molar refractivity (Wildman–Crippen MR) is 125 cm³/mol. The van der Waals surface area contributed by atoms with Gasteiger partial charge in [0.05, 0.1) is 22.0 Å². The second-order valence-corrected chi connectivity index (χ2v) is 7.63. The molecule has 0 aliphatic carbocycles. The first-order valence-corrected chi connectivity index (χ1v) is 10.5. The molecule has 1 heterocycles. The Hall–Kier alpha value is -3.03. The monoisotopic (exact) mass is 474 g/mol. The average Bonchev–Trinajstić information content (AvgIpc) is 2.78. The van der Waals surface area contributed by atoms with E-state index in [0.717, 1.165) is 17.3 Å². The SMILES string of the molecule is CCc1ncnc(Cl)c1C(COc1cc(NC(=O)c2ccc(F)c(Cl)c2)ccc1C)=NC. The predicted octanol–water partition coefficient (Wildman–Crippen LogP) is 5.54. The Morgan fingerprint density at radius 2 is 1.97 bits per heavy atom. The summed E-state index contributed by atoms with van der Waals surface area (Å²) in [5.74, 6) is -0.441. The van der Waals surface area contributed by atoms with Crippen molar-refractivity contribution < 1.29 is 13.9 Å². The number of hydrogen-bond donors (Lipinski definition) is 1. The van der Waals surface area contributed by atoms with Crippen LogP contribution in [0.3, 0.4) is 0 Å². The molecule has 2 aromatic carbocycles. The van der Waals surface area contributed by atoms with Crippen molar-refractivity contribution in [3.05, 3.63) is 81.1 Å². The van der Waals surface area contributed by atoms with Gasteiger partial charge in [0.2, 0.25) is 0 Å². The summed E-state index contributed by atoms with van der Waals surface area (Å²) in [7, 11) is 1.65. The number of nitrogens with one attached hydrogen (secondary N) is 1. The third-order valence-electron chi connectivity index (χ3n) is 4.77. The maximum absolute atomic E-state index is 13.4. The Labute approximate surface area is 195 Å². The fourth-order valence-electron chi connectivity index (χ4n) is 3.02. The minimum atomic E-state index is -0.585. The standard InChI is InChI=1S/C23H21Cl2FN4O2/c1-4-18-21(22(25)29-12-28-18)19(27-3)11-32-20-10-15(7-5-13(20)2)30-23(31)14-6-8-17(26)16(24)9-14/h5-10,12H,4,11H2,1-3H3,(H,30,31). The Bertz CT molecular complexity index is 1180. The van der Waals surface area contributed by atoms with Gasteiger partial charge in [0.25, 0.3) is 5.91 Å². The van der Waals surface area contributed by atoms with Crippen LogP contribution in [0.1, 0.15) is 34.1 Å². The molecule has 0 aliphatic rings. The van der Waals surface area contributed by atoms with Gasteiger partial charge >= 0.3 is 0 Å². The largest absolute Gasteiger partial charge is 0.487 e. The van der Waals surface area contributed by atoms with Crippen LogP contribution in [-0.2, 0) is 6.42 Å². The number of amides is 1. The molecule has 0 radical (unpaired) electrons. The van der Waals surface area contributed by atoms with Crippen molar-refractivity contribution in [2.45, 2.75) is 20.3 Å². The molecule has 166 valence electrons. The molecule has 0 spiro atoms. The third-order valence-corrected chi connectivity index (χ3v) is 5.34. The van der Waals surface area contributed by atoms with Crippen LogP contribution in [0.4, 0.5) is 10.1 Å². The first kappa shape index (κ1) is 23.6. The molecule has 0 aliphatic heterocycles. The topological polar surface area (TPSA) is 76.5 Å². The summed E-state index contributed by atoms with van der Waals surface area (Å²) in [5.41, 5.74) is 3.68. The molecule has 9 heteroatoms. The number of halogens is 3. The van der Waals surface area contributed by atoms with Crippen molar-refractivity contribution in [3.8, 4) is 5.75 Å². The number of ether oxygens (including phenoxy) is 1. The Kier molecular flexibility index (Phi) is 7.77. The summed E-state index contributed by atoms with van der Waals surface area (Å²) in [6, 6.07) is 9.06. The van der Waals surface area contributed by atoms with E-state index in [9.17, 15) is 9.18 Å². The highest BCUT2D eigenvalue weighted by atomic mass is 35.5. The second kappa shape index (κ2) is 10.5. The number of benzene rings is 2. The lowest BCUT2D eigenvalue weighted by Crippen LogP contribution is -2.18. The molecule has 0 fully saturated rings. The van der Waals surface area contributed by atoms with Crippen LogP contribution in [0.25, 0.3) is 0 Å². The van der Waals surface area contributed by atoms with E-state index >= 15 is 0 Å². The minimum Gasteiger partial charge on any atom is -0.487 e. The number of hydrogen-bond acceptors (Lipinski definition) is 5. The number of aromatic nitrogens is 2. The number of aliphatic imine (C=N–C) groups is 1. The summed E-state index contributed by atoms with van der Waals surface area (Å²) < 4.78 is 19.3. The summed E-state index contributed by atoms with van der Waals surface area (Å²) >= 11 is 12.1. The van der Waals surface area contributed by atoms with Crippen molar-refractivity contribution in [3.63, 3.8) is 0 Å². The second-order valence-electron chi connectivity index (χ2n) is 6.86. The van der Waals surface area contributed by atoms with Crippen LogP contribution >= 0.6 is 23.2 Å². The zero-order valence-electron chi connectivity index (χ0n) is 17.7. The van der Waals surface area contributed by atoms with Gasteiger partial charge in [-0.2, -0.15) is 0 Å². The van der Waals surface area contributed by atoms with Gasteiger partial charge in [-0.15, -0.1) is 0 Å². The van der Waals surface area contributed by atoms with Gasteiger partial charge in [0, 0.05) is 24.4 Å². The quantitative estimate of drug-likeness (QED) is 0.360. The zero-order chi connectivity index (χ0) is 23.3. The Balaban J connectivity index is 1.77. The van der Waals surface area contributed by atoms with Crippen LogP contribution in [0.15, 0.2) is 47.7 Å². The van der Waals surface area contributed by atoms with E-state index in [0.29, 0.717) is 34.3 Å². The van der Waals surface area contributed by atoms with E-state index in [2.05, 4.69) is 20.3 Å². The zero-order valence-corrected chi connectivity index (χ0v) is 19.3. The number of anilines is 1. The molecule has 0 bridgehead atoms. The van der Waals surface area contributed by atoms with Crippen molar-refractivity contribution >= 4 is 40.5 Å². The van der Waals surface area contributed by atoms with Gasteiger partial charge in [0.15, 0.2) is 0 Å². The molecule has 0 unspecified atom stereocenters. The molecule has 6 nitrogen and oxygen atoms in total. The molecule has 1 aromatic heterocycles. The Morgan fingerprint density at radius 3 is 2.66 bits per heavy atom. The maximum Gasteiger partial charge on any atom is 0.255 e. The lowest BCUT2D eigenvalue weighted by molar-refractivity contribution is 0.102. The van der Waals surface area contributed by atoms with Crippen LogP contribution in [-0.4, -0.2) is 35.2 Å². The van der Waals surface area contributed by atoms with E-state index in [-0.39, 0.29) is 17.2 Å². The Morgan fingerprint density at radius 1 is 1.19 bits per heavy atom. The lowest BCUT2D eigenvalue weighted by atomic mass is 10.1. The molecular formula is C23H21Cl2FN4O2. The number of nitrogens with zero attached hydrogens (tertiary/aromatic N) is 3. The number of carbonyl (C=O) groups is 1. The van der Waals surface area contributed by atoms with Gasteiger partial charge in [0.1, 0.15) is 29.7 Å².